The summed E-state index contributed by atoms with van der Waals surface area (Å²) in [6.45, 7) is 5.94. The topological polar surface area (TPSA) is 82.6 Å². The highest BCUT2D eigenvalue weighted by atomic mass is 35.5. The van der Waals surface area contributed by atoms with Gasteiger partial charge >= 0.3 is 6.09 Å². The SMILES string of the molecule is O=C(ON1C(=O)CCC1=O)N1CCN(Cc2c(Cl)cccc2N2CCOCC2)CC1. The lowest BCUT2D eigenvalue weighted by Gasteiger charge is -2.36. The molecule has 3 fully saturated rings. The van der Waals surface area contributed by atoms with Gasteiger partial charge in [-0.1, -0.05) is 17.7 Å². The molecule has 0 N–H and O–H groups in total. The number of hydrogen-bond acceptors (Lipinski definition) is 7. The minimum absolute atomic E-state index is 0.0865. The van der Waals surface area contributed by atoms with Gasteiger partial charge in [0.2, 0.25) is 0 Å². The first-order valence-electron chi connectivity index (χ1n) is 10.2. The van der Waals surface area contributed by atoms with Crippen LogP contribution in [0.25, 0.3) is 0 Å². The molecule has 3 amide bonds. The molecule has 0 bridgehead atoms. The predicted octanol–water partition coefficient (Wildman–Crippen LogP) is 1.49. The maximum absolute atomic E-state index is 12.3. The standard InChI is InChI=1S/C20H25ClN4O5/c21-16-2-1-3-17(23-10-12-29-13-11-23)15(16)14-22-6-8-24(9-7-22)20(28)30-25-18(26)4-5-19(25)27/h1-3H,4-14H2. The fourth-order valence-corrected chi connectivity index (χ4v) is 4.14. The second kappa shape index (κ2) is 9.20. The number of benzene rings is 1. The molecule has 3 aliphatic heterocycles. The number of rotatable bonds is 4. The predicted molar refractivity (Wildman–Crippen MR) is 109 cm³/mol. The molecule has 0 aromatic heterocycles. The van der Waals surface area contributed by atoms with Crippen molar-refractivity contribution >= 4 is 35.2 Å². The number of morpholine rings is 1. The van der Waals surface area contributed by atoms with E-state index in [0.29, 0.717) is 51.0 Å². The normalized spacial score (nSPS) is 20.8. The molecule has 0 saturated carbocycles. The lowest BCUT2D eigenvalue weighted by molar-refractivity contribution is -0.174. The average Bonchev–Trinajstić information content (AvgIpc) is 3.08. The van der Waals surface area contributed by atoms with Gasteiger partial charge in [0.1, 0.15) is 0 Å². The van der Waals surface area contributed by atoms with E-state index in [9.17, 15) is 14.4 Å². The van der Waals surface area contributed by atoms with Gasteiger partial charge in [-0.05, 0) is 12.1 Å². The minimum Gasteiger partial charge on any atom is -0.378 e. The van der Waals surface area contributed by atoms with Crippen LogP contribution in [0, 0.1) is 0 Å². The Labute approximate surface area is 180 Å². The molecule has 0 spiro atoms. The van der Waals surface area contributed by atoms with Crippen molar-refractivity contribution in [1.29, 1.82) is 0 Å². The molecule has 3 aliphatic rings. The maximum atomic E-state index is 12.3. The molecule has 1 aromatic rings. The highest BCUT2D eigenvalue weighted by Gasteiger charge is 2.35. The molecule has 4 rings (SSSR count). The van der Waals surface area contributed by atoms with Crippen LogP contribution >= 0.6 is 11.6 Å². The summed E-state index contributed by atoms with van der Waals surface area (Å²) in [6.07, 6.45) is -0.489. The first-order chi connectivity index (χ1) is 14.5. The Morgan fingerprint density at radius 1 is 1.00 bits per heavy atom. The first kappa shape index (κ1) is 20.9. The summed E-state index contributed by atoms with van der Waals surface area (Å²) < 4.78 is 5.46. The molecule has 162 valence electrons. The summed E-state index contributed by atoms with van der Waals surface area (Å²) in [5.74, 6) is -0.942. The van der Waals surface area contributed by atoms with Crippen molar-refractivity contribution in [2.75, 3.05) is 57.4 Å². The van der Waals surface area contributed by atoms with Crippen LogP contribution in [-0.2, 0) is 25.7 Å². The van der Waals surface area contributed by atoms with Gasteiger partial charge < -0.3 is 19.4 Å². The number of piperazine rings is 1. The summed E-state index contributed by atoms with van der Waals surface area (Å²) >= 11 is 6.53. The maximum Gasteiger partial charge on any atom is 0.434 e. The van der Waals surface area contributed by atoms with Crippen LogP contribution in [0.15, 0.2) is 18.2 Å². The lowest BCUT2D eigenvalue weighted by atomic mass is 10.1. The molecule has 0 unspecified atom stereocenters. The lowest BCUT2D eigenvalue weighted by Crippen LogP contribution is -2.50. The molecular formula is C20H25ClN4O5. The van der Waals surface area contributed by atoms with Crippen LogP contribution in [0.1, 0.15) is 18.4 Å². The van der Waals surface area contributed by atoms with Gasteiger partial charge in [0.05, 0.1) is 13.2 Å². The Bertz CT molecular complexity index is 805. The van der Waals surface area contributed by atoms with Gasteiger partial charge in [-0.25, -0.2) is 4.79 Å². The molecular weight excluding hydrogens is 412 g/mol. The first-order valence-corrected chi connectivity index (χ1v) is 10.6. The van der Waals surface area contributed by atoms with Crippen LogP contribution in [-0.4, -0.2) is 85.3 Å². The van der Waals surface area contributed by atoms with Crippen LogP contribution < -0.4 is 4.90 Å². The zero-order valence-corrected chi connectivity index (χ0v) is 17.5. The van der Waals surface area contributed by atoms with E-state index in [2.05, 4.69) is 15.9 Å². The van der Waals surface area contributed by atoms with Crippen LogP contribution in [0.3, 0.4) is 0 Å². The Kier molecular flexibility index (Phi) is 6.40. The zero-order valence-electron chi connectivity index (χ0n) is 16.7. The number of anilines is 1. The Morgan fingerprint density at radius 3 is 2.33 bits per heavy atom. The second-order valence-electron chi connectivity index (χ2n) is 7.54. The van der Waals surface area contributed by atoms with Crippen molar-refractivity contribution in [2.24, 2.45) is 0 Å². The third-order valence-electron chi connectivity index (χ3n) is 5.63. The van der Waals surface area contributed by atoms with E-state index in [0.717, 1.165) is 29.4 Å². The second-order valence-corrected chi connectivity index (χ2v) is 7.95. The highest BCUT2D eigenvalue weighted by molar-refractivity contribution is 6.31. The van der Waals surface area contributed by atoms with Gasteiger partial charge in [-0.2, -0.15) is 0 Å². The van der Waals surface area contributed by atoms with Crippen LogP contribution in [0.2, 0.25) is 5.02 Å². The van der Waals surface area contributed by atoms with Crippen LogP contribution in [0.5, 0.6) is 0 Å². The number of hydrogen-bond donors (Lipinski definition) is 0. The largest absolute Gasteiger partial charge is 0.434 e. The van der Waals surface area contributed by atoms with E-state index in [4.69, 9.17) is 21.2 Å². The quantitative estimate of drug-likeness (QED) is 0.661. The average molecular weight is 437 g/mol. The molecule has 30 heavy (non-hydrogen) atoms. The number of carbonyl (C=O) groups is 3. The van der Waals surface area contributed by atoms with Crippen molar-refractivity contribution in [2.45, 2.75) is 19.4 Å². The van der Waals surface area contributed by atoms with Gasteiger partial charge in [-0.15, -0.1) is 5.06 Å². The summed E-state index contributed by atoms with van der Waals surface area (Å²) in [6, 6.07) is 5.95. The van der Waals surface area contributed by atoms with E-state index in [1.165, 1.54) is 4.90 Å². The number of nitrogens with zero attached hydrogens (tertiary/aromatic N) is 4. The zero-order chi connectivity index (χ0) is 21.1. The molecule has 0 radical (unpaired) electrons. The number of amides is 3. The minimum atomic E-state index is -0.662. The molecule has 10 heteroatoms. The number of halogens is 1. The van der Waals surface area contributed by atoms with E-state index in [-0.39, 0.29) is 12.8 Å². The van der Waals surface area contributed by atoms with Crippen molar-refractivity contribution in [3.05, 3.63) is 28.8 Å². The van der Waals surface area contributed by atoms with E-state index in [1.807, 2.05) is 12.1 Å². The summed E-state index contributed by atoms with van der Waals surface area (Å²) in [7, 11) is 0. The number of ether oxygens (including phenoxy) is 1. The molecule has 9 nitrogen and oxygen atoms in total. The molecule has 3 heterocycles. The van der Waals surface area contributed by atoms with E-state index < -0.39 is 17.9 Å². The van der Waals surface area contributed by atoms with Gasteiger partial charge in [-0.3, -0.25) is 14.5 Å². The number of carbonyl (C=O) groups excluding carboxylic acids is 3. The van der Waals surface area contributed by atoms with E-state index in [1.54, 1.807) is 0 Å². The van der Waals surface area contributed by atoms with E-state index >= 15 is 0 Å². The Hall–Kier alpha value is -2.36. The Balaban J connectivity index is 1.34. The monoisotopic (exact) mass is 436 g/mol. The molecule has 0 aliphatic carbocycles. The van der Waals surface area contributed by atoms with Crippen molar-refractivity contribution in [3.8, 4) is 0 Å². The fraction of sp³-hybridized carbons (Fsp3) is 0.550. The summed E-state index contributed by atoms with van der Waals surface area (Å²) in [5.41, 5.74) is 2.20. The van der Waals surface area contributed by atoms with Gasteiger partial charge in [0, 0.05) is 74.9 Å². The smallest absolute Gasteiger partial charge is 0.378 e. The van der Waals surface area contributed by atoms with Gasteiger partial charge in [0.25, 0.3) is 11.8 Å². The number of hydroxylamine groups is 2. The van der Waals surface area contributed by atoms with Crippen LogP contribution in [0.4, 0.5) is 10.5 Å². The molecule has 3 saturated heterocycles. The fourth-order valence-electron chi connectivity index (χ4n) is 3.91. The molecule has 1 aromatic carbocycles. The third kappa shape index (κ3) is 4.53. The highest BCUT2D eigenvalue weighted by Crippen LogP contribution is 2.30. The van der Waals surface area contributed by atoms with Gasteiger partial charge in [0.15, 0.2) is 0 Å². The van der Waals surface area contributed by atoms with Crippen molar-refractivity contribution < 1.29 is 24.0 Å². The number of imide groups is 1. The van der Waals surface area contributed by atoms with Crippen molar-refractivity contribution in [1.82, 2.24) is 14.9 Å². The Morgan fingerprint density at radius 2 is 1.67 bits per heavy atom. The molecule has 0 atom stereocenters. The van der Waals surface area contributed by atoms with Crippen molar-refractivity contribution in [3.63, 3.8) is 0 Å². The third-order valence-corrected chi connectivity index (χ3v) is 5.99. The summed E-state index contributed by atoms with van der Waals surface area (Å²) in [5, 5.41) is 1.32. The summed E-state index contributed by atoms with van der Waals surface area (Å²) in [4.78, 5) is 46.6.